The average Bonchev–Trinajstić information content (AvgIpc) is 2.96. The Morgan fingerprint density at radius 1 is 1.48 bits per heavy atom. The molecule has 1 fully saturated rings. The first-order valence-corrected chi connectivity index (χ1v) is 7.19. The van der Waals surface area contributed by atoms with E-state index in [2.05, 4.69) is 15.4 Å². The van der Waals surface area contributed by atoms with E-state index >= 15 is 0 Å². The number of nitrogens with zero attached hydrogens (tertiary/aromatic N) is 3. The fourth-order valence-corrected chi connectivity index (χ4v) is 3.01. The summed E-state index contributed by atoms with van der Waals surface area (Å²) in [6.07, 6.45) is 0.144. The lowest BCUT2D eigenvalue weighted by Gasteiger charge is -2.27. The van der Waals surface area contributed by atoms with Crippen LogP contribution in [-0.2, 0) is 9.57 Å². The molecule has 9 heteroatoms. The lowest BCUT2D eigenvalue weighted by atomic mass is 9.96. The Labute approximate surface area is 132 Å². The maximum atomic E-state index is 10.6. The van der Waals surface area contributed by atoms with Crippen LogP contribution >= 0.6 is 0 Å². The van der Waals surface area contributed by atoms with Crippen LogP contribution < -0.4 is 5.48 Å². The van der Waals surface area contributed by atoms with E-state index in [-0.39, 0.29) is 0 Å². The number of fused-ring (bicyclic) bond motifs is 1. The van der Waals surface area contributed by atoms with Crippen molar-refractivity contribution >= 4 is 16.9 Å². The summed E-state index contributed by atoms with van der Waals surface area (Å²) in [6, 6.07) is 0. The van der Waals surface area contributed by atoms with Gasteiger partial charge in [0.15, 0.2) is 12.0 Å². The monoisotopic (exact) mass is 324 g/mol. The van der Waals surface area contributed by atoms with Crippen molar-refractivity contribution in [3.63, 3.8) is 0 Å². The predicted molar refractivity (Wildman–Crippen MR) is 80.5 cm³/mol. The van der Waals surface area contributed by atoms with E-state index in [1.807, 2.05) is 6.92 Å². The van der Waals surface area contributed by atoms with E-state index in [9.17, 15) is 15.3 Å². The van der Waals surface area contributed by atoms with Gasteiger partial charge in [0.25, 0.3) is 0 Å². The number of aryl methyl sites for hydroxylation is 1. The second-order valence-corrected chi connectivity index (χ2v) is 5.83. The molecule has 4 N–H and O–H groups in total. The van der Waals surface area contributed by atoms with E-state index in [1.165, 1.54) is 20.4 Å². The van der Waals surface area contributed by atoms with Gasteiger partial charge in [0.05, 0.1) is 19.1 Å². The van der Waals surface area contributed by atoms with Crippen molar-refractivity contribution in [2.75, 3.05) is 19.2 Å². The van der Waals surface area contributed by atoms with Gasteiger partial charge in [0.1, 0.15) is 29.8 Å². The molecule has 1 aliphatic heterocycles. The number of hydrogen-bond donors (Lipinski definition) is 4. The molecule has 9 nitrogen and oxygen atoms in total. The van der Waals surface area contributed by atoms with E-state index in [0.29, 0.717) is 11.5 Å². The smallest absolute Gasteiger partial charge is 0.167 e. The van der Waals surface area contributed by atoms with Crippen molar-refractivity contribution in [3.05, 3.63) is 18.1 Å². The van der Waals surface area contributed by atoms with Gasteiger partial charge in [-0.15, -0.1) is 0 Å². The zero-order chi connectivity index (χ0) is 16.8. The Kier molecular flexibility index (Phi) is 3.98. The molecule has 126 valence electrons. The van der Waals surface area contributed by atoms with Gasteiger partial charge in [-0.1, -0.05) is 0 Å². The lowest BCUT2D eigenvalue weighted by Crippen LogP contribution is -2.44. The molecule has 0 radical (unpaired) electrons. The van der Waals surface area contributed by atoms with E-state index < -0.39 is 30.6 Å². The number of aliphatic hydroxyl groups excluding tert-OH is 2. The first-order valence-electron chi connectivity index (χ1n) is 7.19. The normalized spacial score (nSPS) is 31.0. The minimum Gasteiger partial charge on any atom is -0.394 e. The topological polar surface area (TPSA) is 122 Å². The van der Waals surface area contributed by atoms with Gasteiger partial charge in [0, 0.05) is 6.20 Å². The fourth-order valence-electron chi connectivity index (χ4n) is 3.01. The highest BCUT2D eigenvalue weighted by Gasteiger charge is 2.53. The van der Waals surface area contributed by atoms with E-state index in [0.717, 1.165) is 10.9 Å². The van der Waals surface area contributed by atoms with Crippen molar-refractivity contribution < 1.29 is 24.9 Å². The van der Waals surface area contributed by atoms with Crippen LogP contribution in [0.4, 0.5) is 5.82 Å². The van der Waals surface area contributed by atoms with Crippen molar-refractivity contribution in [2.24, 2.45) is 0 Å². The number of anilines is 1. The summed E-state index contributed by atoms with van der Waals surface area (Å²) in [4.78, 5) is 13.3. The molecule has 0 bridgehead atoms. The molecule has 23 heavy (non-hydrogen) atoms. The standard InChI is InChI=1S/C14H20N4O5/c1-7-4-18(12-9(7)11(17-22-3)15-6-16-12)13-14(2,21)10(20)8(5-19)23-13/h4,6,8,10,13,19-21H,5H2,1-3H3,(H,15,16,17)/t8-,10-,13?,14-/m1/s1. The molecule has 1 aliphatic rings. The molecule has 0 aliphatic carbocycles. The zero-order valence-electron chi connectivity index (χ0n) is 13.1. The number of aliphatic hydroxyl groups is 3. The quantitative estimate of drug-likeness (QED) is 0.566. The first kappa shape index (κ1) is 16.1. The number of nitrogens with one attached hydrogen (secondary N) is 1. The first-order chi connectivity index (χ1) is 10.9. The molecule has 0 saturated carbocycles. The van der Waals surface area contributed by atoms with Gasteiger partial charge >= 0.3 is 0 Å². The highest BCUT2D eigenvalue weighted by atomic mass is 16.6. The molecule has 0 spiro atoms. The van der Waals surface area contributed by atoms with Crippen molar-refractivity contribution in [2.45, 2.75) is 37.9 Å². The molecule has 2 aromatic heterocycles. The number of rotatable bonds is 4. The maximum absolute atomic E-state index is 10.6. The fraction of sp³-hybridized carbons (Fsp3) is 0.571. The number of ether oxygens (including phenoxy) is 1. The third-order valence-electron chi connectivity index (χ3n) is 4.18. The molecule has 1 unspecified atom stereocenters. The van der Waals surface area contributed by atoms with Gasteiger partial charge in [0.2, 0.25) is 0 Å². The van der Waals surface area contributed by atoms with Gasteiger partial charge < -0.3 is 24.6 Å². The van der Waals surface area contributed by atoms with Gasteiger partial charge in [-0.2, -0.15) is 0 Å². The van der Waals surface area contributed by atoms with Gasteiger partial charge in [-0.05, 0) is 19.4 Å². The van der Waals surface area contributed by atoms with Gasteiger partial charge in [-0.25, -0.2) is 15.4 Å². The molecule has 3 heterocycles. The van der Waals surface area contributed by atoms with Crippen LogP contribution in [0, 0.1) is 6.92 Å². The molecular weight excluding hydrogens is 304 g/mol. The molecule has 2 aromatic rings. The summed E-state index contributed by atoms with van der Waals surface area (Å²) in [6.45, 7) is 2.94. The third kappa shape index (κ3) is 2.37. The highest BCUT2D eigenvalue weighted by Crippen LogP contribution is 2.40. The molecular formula is C14H20N4O5. The zero-order valence-corrected chi connectivity index (χ0v) is 13.1. The minimum absolute atomic E-state index is 0.391. The van der Waals surface area contributed by atoms with Crippen LogP contribution in [-0.4, -0.2) is 61.4 Å². The van der Waals surface area contributed by atoms with Gasteiger partial charge in [-0.3, -0.25) is 4.84 Å². The molecule has 0 amide bonds. The summed E-state index contributed by atoms with van der Waals surface area (Å²) in [5.74, 6) is 0.491. The van der Waals surface area contributed by atoms with Crippen molar-refractivity contribution in [3.8, 4) is 0 Å². The third-order valence-corrected chi connectivity index (χ3v) is 4.18. The molecule has 4 atom stereocenters. The summed E-state index contributed by atoms with van der Waals surface area (Å²) in [5.41, 5.74) is 2.48. The highest BCUT2D eigenvalue weighted by molar-refractivity contribution is 5.90. The van der Waals surface area contributed by atoms with Crippen LogP contribution in [0.25, 0.3) is 11.0 Å². The largest absolute Gasteiger partial charge is 0.394 e. The summed E-state index contributed by atoms with van der Waals surface area (Å²) in [5, 5.41) is 30.8. The Morgan fingerprint density at radius 3 is 2.83 bits per heavy atom. The van der Waals surface area contributed by atoms with E-state index in [4.69, 9.17) is 9.57 Å². The summed E-state index contributed by atoms with van der Waals surface area (Å²) < 4.78 is 7.28. The maximum Gasteiger partial charge on any atom is 0.167 e. The van der Waals surface area contributed by atoms with Crippen molar-refractivity contribution in [1.82, 2.24) is 14.5 Å². The second-order valence-electron chi connectivity index (χ2n) is 5.83. The Bertz CT molecular complexity index is 717. The second kappa shape index (κ2) is 5.69. The minimum atomic E-state index is -1.58. The Morgan fingerprint density at radius 2 is 2.22 bits per heavy atom. The van der Waals surface area contributed by atoms with Crippen LogP contribution in [0.1, 0.15) is 18.7 Å². The number of aromatic nitrogens is 3. The Hall–Kier alpha value is -1.78. The van der Waals surface area contributed by atoms with Crippen molar-refractivity contribution in [1.29, 1.82) is 0 Å². The lowest BCUT2D eigenvalue weighted by molar-refractivity contribution is -0.0948. The molecule has 3 rings (SSSR count). The predicted octanol–water partition coefficient (Wildman–Crippen LogP) is -0.285. The van der Waals surface area contributed by atoms with Crippen LogP contribution in [0.5, 0.6) is 0 Å². The van der Waals surface area contributed by atoms with Crippen LogP contribution in [0.15, 0.2) is 12.5 Å². The molecule has 1 saturated heterocycles. The SMILES string of the molecule is CONc1ncnc2c1c(C)cn2C1O[C@H](CO)[C@@H](O)[C@@]1(C)O. The molecule has 0 aromatic carbocycles. The Balaban J connectivity index is 2.13. The average molecular weight is 324 g/mol. The summed E-state index contributed by atoms with van der Waals surface area (Å²) >= 11 is 0. The van der Waals surface area contributed by atoms with Crippen LogP contribution in [0.2, 0.25) is 0 Å². The van der Waals surface area contributed by atoms with Crippen LogP contribution in [0.3, 0.4) is 0 Å². The van der Waals surface area contributed by atoms with E-state index in [1.54, 1.807) is 10.8 Å². The summed E-state index contributed by atoms with van der Waals surface area (Å²) in [7, 11) is 1.48. The number of hydrogen-bond acceptors (Lipinski definition) is 8.